The third-order valence-corrected chi connectivity index (χ3v) is 2.87. The van der Waals surface area contributed by atoms with Gasteiger partial charge in [-0.05, 0) is 26.2 Å². The summed E-state index contributed by atoms with van der Waals surface area (Å²) >= 11 is 0. The second kappa shape index (κ2) is 1.97. The van der Waals surface area contributed by atoms with Crippen LogP contribution in [-0.2, 0) is 4.79 Å². The van der Waals surface area contributed by atoms with Crippen molar-refractivity contribution in [1.29, 1.82) is 0 Å². The second-order valence-electron chi connectivity index (χ2n) is 3.88. The molecule has 1 saturated carbocycles. The molecule has 1 unspecified atom stereocenters. The average Bonchev–Trinajstić information content (AvgIpc) is 2.60. The first-order valence-corrected chi connectivity index (χ1v) is 4.20. The van der Waals surface area contributed by atoms with Gasteiger partial charge < -0.3 is 10.6 Å². The molecule has 0 aromatic rings. The van der Waals surface area contributed by atoms with Gasteiger partial charge in [0.15, 0.2) is 0 Å². The third-order valence-electron chi connectivity index (χ3n) is 2.87. The summed E-state index contributed by atoms with van der Waals surface area (Å²) in [5.41, 5.74) is 5.79. The van der Waals surface area contributed by atoms with E-state index in [0.29, 0.717) is 0 Å². The van der Waals surface area contributed by atoms with Gasteiger partial charge in [0, 0.05) is 12.1 Å². The van der Waals surface area contributed by atoms with Crippen molar-refractivity contribution in [3.63, 3.8) is 0 Å². The van der Waals surface area contributed by atoms with E-state index in [9.17, 15) is 4.79 Å². The van der Waals surface area contributed by atoms with Gasteiger partial charge in [0.25, 0.3) is 0 Å². The largest absolute Gasteiger partial charge is 0.336 e. The van der Waals surface area contributed by atoms with E-state index in [4.69, 9.17) is 5.73 Å². The fourth-order valence-corrected chi connectivity index (χ4v) is 1.69. The standard InChI is InChI=1S/C8H14N2O/c1-8(3-4-8)10-5-2-6(9)7(10)11/h6H,2-5,9H2,1H3. The van der Waals surface area contributed by atoms with Crippen LogP contribution in [0.2, 0.25) is 0 Å². The van der Waals surface area contributed by atoms with E-state index >= 15 is 0 Å². The molecular weight excluding hydrogens is 140 g/mol. The Bertz CT molecular complexity index is 198. The van der Waals surface area contributed by atoms with E-state index in [-0.39, 0.29) is 17.5 Å². The van der Waals surface area contributed by atoms with Crippen LogP contribution in [0.5, 0.6) is 0 Å². The quantitative estimate of drug-likeness (QED) is 0.582. The van der Waals surface area contributed by atoms with Gasteiger partial charge >= 0.3 is 0 Å². The Balaban J connectivity index is 2.11. The van der Waals surface area contributed by atoms with Crippen LogP contribution in [0.25, 0.3) is 0 Å². The van der Waals surface area contributed by atoms with Crippen LogP contribution in [-0.4, -0.2) is 28.9 Å². The minimum absolute atomic E-state index is 0.157. The average molecular weight is 154 g/mol. The molecule has 0 radical (unpaired) electrons. The van der Waals surface area contributed by atoms with Crippen LogP contribution in [0.3, 0.4) is 0 Å². The summed E-state index contributed by atoms with van der Waals surface area (Å²) in [5.74, 6) is 0.157. The highest BCUT2D eigenvalue weighted by atomic mass is 16.2. The number of likely N-dealkylation sites (tertiary alicyclic amines) is 1. The number of nitrogens with zero attached hydrogens (tertiary/aromatic N) is 1. The van der Waals surface area contributed by atoms with Gasteiger partial charge in [-0.1, -0.05) is 0 Å². The van der Waals surface area contributed by atoms with Gasteiger partial charge in [-0.2, -0.15) is 0 Å². The molecule has 0 bridgehead atoms. The zero-order valence-corrected chi connectivity index (χ0v) is 6.84. The summed E-state index contributed by atoms with van der Waals surface area (Å²) in [4.78, 5) is 13.3. The van der Waals surface area contributed by atoms with E-state index in [1.54, 1.807) is 0 Å². The number of hydrogen-bond donors (Lipinski definition) is 1. The molecule has 62 valence electrons. The molecule has 1 heterocycles. The molecular formula is C8H14N2O. The van der Waals surface area contributed by atoms with Crippen LogP contribution < -0.4 is 5.73 Å². The number of carbonyl (C=O) groups is 1. The second-order valence-corrected chi connectivity index (χ2v) is 3.88. The molecule has 1 saturated heterocycles. The fraction of sp³-hybridized carbons (Fsp3) is 0.875. The highest BCUT2D eigenvalue weighted by Crippen LogP contribution is 2.42. The molecule has 2 N–H and O–H groups in total. The molecule has 11 heavy (non-hydrogen) atoms. The van der Waals surface area contributed by atoms with Gasteiger partial charge in [0.05, 0.1) is 6.04 Å². The minimum atomic E-state index is -0.215. The SMILES string of the molecule is CC1(N2CCC(N)C2=O)CC1. The van der Waals surface area contributed by atoms with Gasteiger partial charge in [0.2, 0.25) is 5.91 Å². The van der Waals surface area contributed by atoms with Crippen molar-refractivity contribution in [2.45, 2.75) is 37.8 Å². The predicted octanol–water partition coefficient (Wildman–Crippen LogP) is 0.0985. The molecule has 0 spiro atoms. The zero-order valence-electron chi connectivity index (χ0n) is 6.84. The first-order chi connectivity index (χ1) is 5.13. The molecule has 0 aromatic carbocycles. The number of hydrogen-bond acceptors (Lipinski definition) is 2. The lowest BCUT2D eigenvalue weighted by molar-refractivity contribution is -0.131. The van der Waals surface area contributed by atoms with Crippen LogP contribution >= 0.6 is 0 Å². The van der Waals surface area contributed by atoms with Crippen molar-refractivity contribution in [3.05, 3.63) is 0 Å². The molecule has 2 fully saturated rings. The maximum Gasteiger partial charge on any atom is 0.240 e. The predicted molar refractivity (Wildman–Crippen MR) is 41.9 cm³/mol. The Morgan fingerprint density at radius 2 is 2.27 bits per heavy atom. The van der Waals surface area contributed by atoms with Crippen molar-refractivity contribution in [1.82, 2.24) is 4.90 Å². The van der Waals surface area contributed by atoms with Crippen molar-refractivity contribution in [2.75, 3.05) is 6.54 Å². The van der Waals surface area contributed by atoms with Crippen LogP contribution in [0, 0.1) is 0 Å². The van der Waals surface area contributed by atoms with Crippen molar-refractivity contribution in [2.24, 2.45) is 5.73 Å². The number of nitrogens with two attached hydrogens (primary N) is 1. The smallest absolute Gasteiger partial charge is 0.240 e. The topological polar surface area (TPSA) is 46.3 Å². The summed E-state index contributed by atoms with van der Waals surface area (Å²) in [6.45, 7) is 3.01. The lowest BCUT2D eigenvalue weighted by Crippen LogP contribution is -2.40. The lowest BCUT2D eigenvalue weighted by atomic mass is 10.2. The van der Waals surface area contributed by atoms with Gasteiger partial charge in [-0.3, -0.25) is 4.79 Å². The number of rotatable bonds is 1. The first-order valence-electron chi connectivity index (χ1n) is 4.20. The summed E-state index contributed by atoms with van der Waals surface area (Å²) in [5, 5.41) is 0. The van der Waals surface area contributed by atoms with Gasteiger partial charge in [0.1, 0.15) is 0 Å². The molecule has 1 aliphatic heterocycles. The summed E-state index contributed by atoms with van der Waals surface area (Å²) in [6, 6.07) is -0.215. The van der Waals surface area contributed by atoms with E-state index in [1.165, 1.54) is 0 Å². The number of carbonyl (C=O) groups excluding carboxylic acids is 1. The van der Waals surface area contributed by atoms with Crippen LogP contribution in [0.4, 0.5) is 0 Å². The molecule has 1 aliphatic carbocycles. The Labute approximate surface area is 66.5 Å². The van der Waals surface area contributed by atoms with E-state index in [1.807, 2.05) is 4.90 Å². The van der Waals surface area contributed by atoms with E-state index < -0.39 is 0 Å². The maximum atomic E-state index is 11.4. The van der Waals surface area contributed by atoms with Gasteiger partial charge in [-0.15, -0.1) is 0 Å². The molecule has 3 heteroatoms. The highest BCUT2D eigenvalue weighted by molar-refractivity contribution is 5.84. The first kappa shape index (κ1) is 7.10. The monoisotopic (exact) mass is 154 g/mol. The van der Waals surface area contributed by atoms with Crippen LogP contribution in [0.15, 0.2) is 0 Å². The maximum absolute atomic E-state index is 11.4. The fourth-order valence-electron chi connectivity index (χ4n) is 1.69. The summed E-state index contributed by atoms with van der Waals surface area (Å²) < 4.78 is 0. The van der Waals surface area contributed by atoms with E-state index in [0.717, 1.165) is 25.8 Å². The normalized spacial score (nSPS) is 34.5. The molecule has 1 atom stereocenters. The molecule has 1 amide bonds. The van der Waals surface area contributed by atoms with Crippen molar-refractivity contribution >= 4 is 5.91 Å². The molecule has 2 aliphatic rings. The van der Waals surface area contributed by atoms with Crippen LogP contribution in [0.1, 0.15) is 26.2 Å². The lowest BCUT2D eigenvalue weighted by Gasteiger charge is -2.23. The Hall–Kier alpha value is -0.570. The summed E-state index contributed by atoms with van der Waals surface area (Å²) in [6.07, 6.45) is 3.16. The Morgan fingerprint density at radius 3 is 2.64 bits per heavy atom. The van der Waals surface area contributed by atoms with Gasteiger partial charge in [-0.25, -0.2) is 0 Å². The molecule has 0 aromatic heterocycles. The molecule has 2 rings (SSSR count). The zero-order chi connectivity index (χ0) is 8.06. The summed E-state index contributed by atoms with van der Waals surface area (Å²) in [7, 11) is 0. The van der Waals surface area contributed by atoms with E-state index in [2.05, 4.69) is 6.92 Å². The van der Waals surface area contributed by atoms with Crippen molar-refractivity contribution < 1.29 is 4.79 Å². The van der Waals surface area contributed by atoms with Crippen molar-refractivity contribution in [3.8, 4) is 0 Å². The Kier molecular flexibility index (Phi) is 1.27. The Morgan fingerprint density at radius 1 is 1.64 bits per heavy atom. The number of amides is 1. The molecule has 3 nitrogen and oxygen atoms in total. The highest BCUT2D eigenvalue weighted by Gasteiger charge is 2.48. The third kappa shape index (κ3) is 0.948. The minimum Gasteiger partial charge on any atom is -0.336 e.